The molecule has 2 aromatic carbocycles. The third-order valence-corrected chi connectivity index (χ3v) is 7.03. The van der Waals surface area contributed by atoms with E-state index in [1.165, 1.54) is 0 Å². The van der Waals surface area contributed by atoms with Crippen molar-refractivity contribution in [1.82, 2.24) is 10.2 Å². The largest absolute Gasteiger partial charge is 0.417 e. The van der Waals surface area contributed by atoms with Crippen LogP contribution in [0.2, 0.25) is 10.0 Å². The van der Waals surface area contributed by atoms with Gasteiger partial charge in [0.15, 0.2) is 0 Å². The van der Waals surface area contributed by atoms with E-state index in [2.05, 4.69) is 15.9 Å². The van der Waals surface area contributed by atoms with Gasteiger partial charge in [-0.25, -0.2) is 4.39 Å². The molecule has 0 aliphatic carbocycles. The molecule has 220 valence electrons. The number of alkyl halides is 9. The van der Waals surface area contributed by atoms with E-state index in [9.17, 15) is 53.5 Å². The molecule has 0 saturated carbocycles. The highest BCUT2D eigenvalue weighted by Crippen LogP contribution is 2.43. The maximum atomic E-state index is 14.9. The molecule has 2 rings (SSSR count). The van der Waals surface area contributed by atoms with Gasteiger partial charge in [0, 0.05) is 12.6 Å². The monoisotopic (exact) mass is 690 g/mol. The predicted molar refractivity (Wildman–Crippen MR) is 130 cm³/mol. The molecule has 0 heterocycles. The van der Waals surface area contributed by atoms with Crippen molar-refractivity contribution in [2.45, 2.75) is 24.4 Å². The molecule has 1 atom stereocenters. The number of rotatable bonds is 7. The number of nitrogens with zero attached hydrogens (tertiary/aromatic N) is 1. The van der Waals surface area contributed by atoms with Crippen LogP contribution in [0.1, 0.15) is 33.0 Å². The highest BCUT2D eigenvalue weighted by molar-refractivity contribution is 9.10. The van der Waals surface area contributed by atoms with Crippen molar-refractivity contribution in [1.29, 1.82) is 0 Å². The summed E-state index contributed by atoms with van der Waals surface area (Å²) in [7, 11) is 0.747. The zero-order chi connectivity index (χ0) is 30.8. The zero-order valence-electron chi connectivity index (χ0n) is 19.6. The minimum atomic E-state index is -5.32. The number of hydrogen-bond acceptors (Lipinski definition) is 2. The van der Waals surface area contributed by atoms with Gasteiger partial charge in [0.2, 0.25) is 5.91 Å². The van der Waals surface area contributed by atoms with E-state index < -0.39 is 77.4 Å². The number of carbonyl (C=O) groups is 2. The third kappa shape index (κ3) is 8.99. The average Bonchev–Trinajstić information content (AvgIpc) is 2.80. The number of likely N-dealkylation sites (N-methyl/N-ethyl adjacent to an activating group) is 1. The number of halogens is 13. The van der Waals surface area contributed by atoms with Crippen LogP contribution in [0.25, 0.3) is 5.83 Å². The molecule has 0 fully saturated rings. The average molecular weight is 692 g/mol. The Bertz CT molecular complexity index is 1290. The van der Waals surface area contributed by atoms with E-state index in [-0.39, 0.29) is 31.6 Å². The second kappa shape index (κ2) is 12.6. The molecule has 17 heteroatoms. The lowest BCUT2D eigenvalue weighted by Gasteiger charge is -2.20. The highest BCUT2D eigenvalue weighted by atomic mass is 79.9. The first-order chi connectivity index (χ1) is 18.1. The van der Waals surface area contributed by atoms with Gasteiger partial charge in [-0.15, -0.1) is 0 Å². The molecule has 2 amide bonds. The fourth-order valence-electron chi connectivity index (χ4n) is 3.25. The maximum absolute atomic E-state index is 14.9. The summed E-state index contributed by atoms with van der Waals surface area (Å²) in [5.74, 6) is -7.26. The van der Waals surface area contributed by atoms with Crippen LogP contribution >= 0.6 is 39.1 Å². The van der Waals surface area contributed by atoms with Gasteiger partial charge in [0.1, 0.15) is 18.3 Å². The molecule has 0 radical (unpaired) electrons. The maximum Gasteiger partial charge on any atom is 0.417 e. The van der Waals surface area contributed by atoms with Crippen molar-refractivity contribution in [2.75, 3.05) is 20.1 Å². The smallest absolute Gasteiger partial charge is 0.343 e. The molecule has 0 bridgehead atoms. The van der Waals surface area contributed by atoms with Crippen LogP contribution in [-0.4, -0.2) is 49.2 Å². The van der Waals surface area contributed by atoms with Gasteiger partial charge in [0.25, 0.3) is 5.91 Å². The Morgan fingerprint density at radius 3 is 2.02 bits per heavy atom. The highest BCUT2D eigenvalue weighted by Gasteiger charge is 2.41. The molecular weight excluding hydrogens is 677 g/mol. The number of hydrogen-bond donors (Lipinski definition) is 1. The Labute approximate surface area is 238 Å². The van der Waals surface area contributed by atoms with Gasteiger partial charge < -0.3 is 10.2 Å². The summed E-state index contributed by atoms with van der Waals surface area (Å²) in [6, 6.07) is 2.78. The molecule has 0 aliphatic rings. The Balaban J connectivity index is 2.42. The van der Waals surface area contributed by atoms with Crippen LogP contribution in [0, 0.1) is 0 Å². The molecule has 1 unspecified atom stereocenters. The molecular formula is C23H15BrCl2F10N2O2. The fourth-order valence-corrected chi connectivity index (χ4v) is 3.98. The Kier molecular flexibility index (Phi) is 10.6. The van der Waals surface area contributed by atoms with Crippen molar-refractivity contribution in [3.05, 3.63) is 73.2 Å². The second-order valence-electron chi connectivity index (χ2n) is 8.14. The van der Waals surface area contributed by atoms with Crippen LogP contribution in [0.4, 0.5) is 43.9 Å². The van der Waals surface area contributed by atoms with Gasteiger partial charge >= 0.3 is 18.5 Å². The van der Waals surface area contributed by atoms with Gasteiger partial charge in [-0.05, 0) is 51.8 Å². The van der Waals surface area contributed by atoms with E-state index >= 15 is 0 Å². The van der Waals surface area contributed by atoms with Gasteiger partial charge in [-0.1, -0.05) is 29.3 Å². The molecule has 40 heavy (non-hydrogen) atoms. The van der Waals surface area contributed by atoms with E-state index in [0.717, 1.165) is 19.2 Å². The van der Waals surface area contributed by atoms with Crippen molar-refractivity contribution < 1.29 is 53.5 Å². The first-order valence-corrected chi connectivity index (χ1v) is 12.1. The zero-order valence-corrected chi connectivity index (χ0v) is 22.7. The van der Waals surface area contributed by atoms with E-state index in [1.807, 2.05) is 0 Å². The van der Waals surface area contributed by atoms with Crippen molar-refractivity contribution in [3.63, 3.8) is 0 Å². The van der Waals surface area contributed by atoms with Crippen LogP contribution in [0.5, 0.6) is 0 Å². The fraction of sp³-hybridized carbons (Fsp3) is 0.304. The summed E-state index contributed by atoms with van der Waals surface area (Å²) < 4.78 is 134. The molecule has 4 nitrogen and oxygen atoms in total. The van der Waals surface area contributed by atoms with Gasteiger partial charge in [-0.3, -0.25) is 9.59 Å². The van der Waals surface area contributed by atoms with Gasteiger partial charge in [0.05, 0.1) is 32.2 Å². The molecule has 0 spiro atoms. The summed E-state index contributed by atoms with van der Waals surface area (Å²) in [6.45, 7) is -2.79. The number of nitrogens with one attached hydrogen (secondary N) is 1. The standard InChI is InChI=1S/C23H15BrCl2F10N2O2/c1-38(9-21(28,29)30)18(39)8-37-20(40)12-3-2-10(4-14(12)23(34,35)36)17(27)7-13(22(31,32)33)11-5-15(25)19(24)16(26)6-11/h2-7,13H,8-9H2,1H3,(H,37,40). The predicted octanol–water partition coefficient (Wildman–Crippen LogP) is 8.18. The van der Waals surface area contributed by atoms with Crippen molar-refractivity contribution in [3.8, 4) is 0 Å². The van der Waals surface area contributed by atoms with Crippen LogP contribution in [-0.2, 0) is 11.0 Å². The lowest BCUT2D eigenvalue weighted by molar-refractivity contribution is -0.157. The first kappa shape index (κ1) is 33.7. The summed E-state index contributed by atoms with van der Waals surface area (Å²) in [6.07, 6.45) is -15.2. The minimum absolute atomic E-state index is 0.000278. The van der Waals surface area contributed by atoms with Crippen LogP contribution < -0.4 is 5.32 Å². The first-order valence-electron chi connectivity index (χ1n) is 10.5. The minimum Gasteiger partial charge on any atom is -0.343 e. The molecule has 2 aromatic rings. The SMILES string of the molecule is CN(CC(F)(F)F)C(=O)CNC(=O)c1ccc(C(F)=CC(c2cc(Cl)c(Br)c(Cl)c2)C(F)(F)F)cc1C(F)(F)F. The molecule has 1 N–H and O–H groups in total. The van der Waals surface area contributed by atoms with Crippen molar-refractivity contribution in [2.24, 2.45) is 0 Å². The summed E-state index contributed by atoms with van der Waals surface area (Å²) >= 11 is 14.6. The number of amides is 2. The molecule has 0 saturated heterocycles. The van der Waals surface area contributed by atoms with Crippen molar-refractivity contribution >= 4 is 56.8 Å². The molecule has 0 aromatic heterocycles. The van der Waals surface area contributed by atoms with E-state index in [4.69, 9.17) is 23.2 Å². The molecule has 0 aliphatic heterocycles. The van der Waals surface area contributed by atoms with E-state index in [0.29, 0.717) is 12.1 Å². The second-order valence-corrected chi connectivity index (χ2v) is 9.75. The normalized spacial score (nSPS) is 13.7. The summed E-state index contributed by atoms with van der Waals surface area (Å²) in [5.41, 5.74) is -4.53. The summed E-state index contributed by atoms with van der Waals surface area (Å²) in [5, 5.41) is 1.24. The van der Waals surface area contributed by atoms with Crippen LogP contribution in [0.3, 0.4) is 0 Å². The number of carbonyl (C=O) groups excluding carboxylic acids is 2. The Morgan fingerprint density at radius 1 is 1.00 bits per heavy atom. The lowest BCUT2D eigenvalue weighted by atomic mass is 9.95. The summed E-state index contributed by atoms with van der Waals surface area (Å²) in [4.78, 5) is 24.2. The third-order valence-electron chi connectivity index (χ3n) is 5.12. The van der Waals surface area contributed by atoms with Crippen LogP contribution in [0.15, 0.2) is 40.9 Å². The van der Waals surface area contributed by atoms with E-state index in [1.54, 1.807) is 5.32 Å². The topological polar surface area (TPSA) is 49.4 Å². The number of allylic oxidation sites excluding steroid dienone is 1. The lowest BCUT2D eigenvalue weighted by Crippen LogP contribution is -2.42. The quantitative estimate of drug-likeness (QED) is 0.235. The Morgan fingerprint density at radius 2 is 1.55 bits per heavy atom. The number of benzene rings is 2. The Hall–Kier alpha value is -2.52. The van der Waals surface area contributed by atoms with Gasteiger partial charge in [-0.2, -0.15) is 39.5 Å².